The molecule has 1 saturated carbocycles. The highest BCUT2D eigenvalue weighted by molar-refractivity contribution is 7.80. The molecule has 0 amide bonds. The first-order valence-electron chi connectivity index (χ1n) is 9.97. The van der Waals surface area contributed by atoms with E-state index in [1.54, 1.807) is 6.07 Å². The van der Waals surface area contributed by atoms with Crippen molar-refractivity contribution in [3.63, 3.8) is 0 Å². The minimum absolute atomic E-state index is 0.445. The summed E-state index contributed by atoms with van der Waals surface area (Å²) in [6, 6.07) is 5.94. The first-order valence-corrected chi connectivity index (χ1v) is 11.1. The Morgan fingerprint density at radius 1 is 1.29 bits per heavy atom. The second-order valence-electron chi connectivity index (χ2n) is 7.31. The molecule has 150 valence electrons. The number of hydrogen-bond donors (Lipinski definition) is 1. The molecule has 0 bridgehead atoms. The van der Waals surface area contributed by atoms with E-state index in [2.05, 4.69) is 32.2 Å². The van der Waals surface area contributed by atoms with Crippen LogP contribution in [0.1, 0.15) is 69.3 Å². The molecule has 1 aromatic heterocycles. The van der Waals surface area contributed by atoms with Gasteiger partial charge >= 0.3 is 0 Å². The highest BCUT2D eigenvalue weighted by atomic mass is 35.5. The molecule has 0 unspecified atom stereocenters. The molecule has 0 atom stereocenters. The van der Waals surface area contributed by atoms with Crippen LogP contribution in [0.2, 0.25) is 10.0 Å². The topological polar surface area (TPSA) is 29.9 Å². The zero-order valence-corrected chi connectivity index (χ0v) is 19.0. The van der Waals surface area contributed by atoms with Crippen LogP contribution in [0.4, 0.5) is 0 Å². The zero-order valence-electron chi connectivity index (χ0n) is 16.7. The molecule has 2 aromatic rings. The van der Waals surface area contributed by atoms with E-state index in [-0.39, 0.29) is 0 Å². The second kappa shape index (κ2) is 9.43. The van der Waals surface area contributed by atoms with Crippen LogP contribution >= 0.6 is 35.4 Å². The maximum atomic E-state index is 6.51. The number of benzene rings is 1. The molecule has 1 N–H and O–H groups in total. The third-order valence-electron chi connectivity index (χ3n) is 5.45. The fraction of sp³-hybridized carbons (Fsp3) is 0.455. The van der Waals surface area contributed by atoms with Gasteiger partial charge in [0.25, 0.3) is 0 Å². The van der Waals surface area contributed by atoms with E-state index in [0.717, 1.165) is 34.0 Å². The average Bonchev–Trinajstić information content (AvgIpc) is 3.01. The summed E-state index contributed by atoms with van der Waals surface area (Å²) in [5.74, 6) is 0. The highest BCUT2D eigenvalue weighted by Crippen LogP contribution is 2.32. The molecule has 1 aliphatic carbocycles. The summed E-state index contributed by atoms with van der Waals surface area (Å²) in [4.78, 5) is 0.723. The number of allylic oxidation sites excluding steroid dienone is 2. The van der Waals surface area contributed by atoms with Crippen molar-refractivity contribution in [2.45, 2.75) is 65.3 Å². The van der Waals surface area contributed by atoms with Crippen LogP contribution in [0.15, 0.2) is 24.3 Å². The summed E-state index contributed by atoms with van der Waals surface area (Å²) in [7, 11) is 0. The highest BCUT2D eigenvalue weighted by Gasteiger charge is 2.23. The van der Waals surface area contributed by atoms with Gasteiger partial charge in [-0.1, -0.05) is 67.7 Å². The van der Waals surface area contributed by atoms with E-state index < -0.39 is 0 Å². The van der Waals surface area contributed by atoms with Crippen molar-refractivity contribution in [3.8, 4) is 5.69 Å². The van der Waals surface area contributed by atoms with E-state index in [9.17, 15) is 0 Å². The van der Waals surface area contributed by atoms with Crippen LogP contribution in [0.3, 0.4) is 0 Å². The summed E-state index contributed by atoms with van der Waals surface area (Å²) >= 11 is 18.4. The number of rotatable bonds is 5. The van der Waals surface area contributed by atoms with Gasteiger partial charge in [0.2, 0.25) is 0 Å². The number of nitrogens with zero attached hydrogens (tertiary/aromatic N) is 2. The Hall–Kier alpha value is -1.36. The number of hydrogen-bond acceptors (Lipinski definition) is 2. The molecule has 1 aliphatic rings. The Morgan fingerprint density at radius 2 is 2.00 bits per heavy atom. The lowest BCUT2D eigenvalue weighted by Gasteiger charge is -2.23. The molecule has 6 heteroatoms. The van der Waals surface area contributed by atoms with Gasteiger partial charge in [-0.25, -0.2) is 4.68 Å². The number of aromatic nitrogens is 2. The standard InChI is InChI=1S/C22H27Cl2N3S/c1-4-15(5-2)21-14(3)20(22(28)25-17-9-7-6-8-10-17)26-27(21)19-12-11-16(23)13-18(19)24/h4,11-13,17H,5-10H2,1-3H3,(H,25,28)/b15-4+. The molecular weight excluding hydrogens is 409 g/mol. The van der Waals surface area contributed by atoms with Gasteiger partial charge < -0.3 is 5.32 Å². The molecule has 3 nitrogen and oxygen atoms in total. The Kier molecular flexibility index (Phi) is 7.19. The Bertz CT molecular complexity index is 895. The molecule has 28 heavy (non-hydrogen) atoms. The Balaban J connectivity index is 2.06. The first-order chi connectivity index (χ1) is 13.5. The summed E-state index contributed by atoms with van der Waals surface area (Å²) in [6.07, 6.45) is 9.21. The third-order valence-corrected chi connectivity index (χ3v) is 6.30. The predicted octanol–water partition coefficient (Wildman–Crippen LogP) is 6.90. The summed E-state index contributed by atoms with van der Waals surface area (Å²) < 4.78 is 1.91. The largest absolute Gasteiger partial charge is 0.372 e. The van der Waals surface area contributed by atoms with Gasteiger partial charge in [0.15, 0.2) is 0 Å². The summed E-state index contributed by atoms with van der Waals surface area (Å²) in [5, 5.41) is 9.62. The van der Waals surface area contributed by atoms with Crippen molar-refractivity contribution < 1.29 is 0 Å². The lowest BCUT2D eigenvalue weighted by atomic mass is 9.95. The van der Waals surface area contributed by atoms with Crippen LogP contribution < -0.4 is 5.32 Å². The molecule has 1 fully saturated rings. The molecule has 0 saturated heterocycles. The first kappa shape index (κ1) is 21.4. The average molecular weight is 436 g/mol. The number of nitrogens with one attached hydrogen (secondary N) is 1. The van der Waals surface area contributed by atoms with Gasteiger partial charge in [-0.05, 0) is 56.9 Å². The van der Waals surface area contributed by atoms with Crippen LogP contribution in [0, 0.1) is 6.92 Å². The zero-order chi connectivity index (χ0) is 20.3. The number of thiocarbonyl (C=S) groups is 1. The Morgan fingerprint density at radius 3 is 2.61 bits per heavy atom. The van der Waals surface area contributed by atoms with E-state index in [1.165, 1.54) is 37.7 Å². The van der Waals surface area contributed by atoms with Gasteiger partial charge in [0.1, 0.15) is 10.7 Å². The normalized spacial score (nSPS) is 15.7. The van der Waals surface area contributed by atoms with E-state index in [4.69, 9.17) is 40.5 Å². The monoisotopic (exact) mass is 435 g/mol. The van der Waals surface area contributed by atoms with E-state index in [0.29, 0.717) is 16.1 Å². The van der Waals surface area contributed by atoms with Crippen molar-refractivity contribution in [2.24, 2.45) is 0 Å². The minimum atomic E-state index is 0.445. The maximum absolute atomic E-state index is 6.51. The number of halogens is 2. The lowest BCUT2D eigenvalue weighted by molar-refractivity contribution is 0.415. The Labute approximate surface area is 183 Å². The SMILES string of the molecule is C/C=C(\CC)c1c(C)c(C(=S)NC2CCCCC2)nn1-c1ccc(Cl)cc1Cl. The molecule has 0 spiro atoms. The van der Waals surface area contributed by atoms with E-state index in [1.807, 2.05) is 16.8 Å². The van der Waals surface area contributed by atoms with Crippen LogP contribution in [-0.4, -0.2) is 20.8 Å². The van der Waals surface area contributed by atoms with Crippen molar-refractivity contribution in [2.75, 3.05) is 0 Å². The molecule has 1 aromatic carbocycles. The van der Waals surface area contributed by atoms with Crippen LogP contribution in [-0.2, 0) is 0 Å². The van der Waals surface area contributed by atoms with Gasteiger partial charge in [-0.3, -0.25) is 0 Å². The van der Waals surface area contributed by atoms with Crippen LogP contribution in [0.25, 0.3) is 11.3 Å². The molecular formula is C22H27Cl2N3S. The van der Waals surface area contributed by atoms with Crippen molar-refractivity contribution >= 4 is 46.0 Å². The van der Waals surface area contributed by atoms with Crippen molar-refractivity contribution in [1.82, 2.24) is 15.1 Å². The molecule has 0 radical (unpaired) electrons. The lowest BCUT2D eigenvalue weighted by Crippen LogP contribution is -2.36. The predicted molar refractivity (Wildman–Crippen MR) is 124 cm³/mol. The third kappa shape index (κ3) is 4.45. The minimum Gasteiger partial charge on any atom is -0.372 e. The van der Waals surface area contributed by atoms with Crippen LogP contribution in [0.5, 0.6) is 0 Å². The molecule has 1 heterocycles. The second-order valence-corrected chi connectivity index (χ2v) is 8.56. The van der Waals surface area contributed by atoms with Crippen molar-refractivity contribution in [3.05, 3.63) is 51.3 Å². The van der Waals surface area contributed by atoms with E-state index >= 15 is 0 Å². The fourth-order valence-corrected chi connectivity index (χ4v) is 4.77. The maximum Gasteiger partial charge on any atom is 0.127 e. The van der Waals surface area contributed by atoms with Gasteiger partial charge in [-0.15, -0.1) is 0 Å². The smallest absolute Gasteiger partial charge is 0.127 e. The molecule has 0 aliphatic heterocycles. The summed E-state index contributed by atoms with van der Waals surface area (Å²) in [6.45, 7) is 6.29. The van der Waals surface area contributed by atoms with Gasteiger partial charge in [0.05, 0.1) is 16.4 Å². The molecule has 3 rings (SSSR count). The van der Waals surface area contributed by atoms with Gasteiger partial charge in [-0.2, -0.15) is 5.10 Å². The fourth-order valence-electron chi connectivity index (χ4n) is 3.92. The quantitative estimate of drug-likeness (QED) is 0.517. The van der Waals surface area contributed by atoms with Gasteiger partial charge in [0, 0.05) is 16.6 Å². The summed E-state index contributed by atoms with van der Waals surface area (Å²) in [5.41, 5.74) is 4.98. The van der Waals surface area contributed by atoms with Crippen molar-refractivity contribution in [1.29, 1.82) is 0 Å².